The molecule has 0 unspecified atom stereocenters. The molecule has 5 N–H and O–H groups in total. The van der Waals surface area contributed by atoms with Crippen LogP contribution in [0.5, 0.6) is 0 Å². The average Bonchev–Trinajstić information content (AvgIpc) is 2.56. The highest BCUT2D eigenvalue weighted by Gasteiger charge is 2.33. The van der Waals surface area contributed by atoms with Gasteiger partial charge in [-0.25, -0.2) is 14.4 Å². The van der Waals surface area contributed by atoms with Crippen molar-refractivity contribution in [1.82, 2.24) is 10.6 Å². The molecule has 0 aliphatic rings. The maximum atomic E-state index is 12.5. The number of nitrogens with one attached hydrogen (secondary N) is 3. The van der Waals surface area contributed by atoms with Crippen LogP contribution in [0.1, 0.15) is 27.7 Å². The molecule has 9 heteroatoms. The van der Waals surface area contributed by atoms with Crippen molar-refractivity contribution in [2.24, 2.45) is 17.6 Å². The topological polar surface area (TPSA) is 140 Å². The van der Waals surface area contributed by atoms with Crippen molar-refractivity contribution in [2.75, 3.05) is 5.32 Å². The minimum Gasteiger partial charge on any atom is -0.450 e. The molecule has 0 saturated heterocycles. The molecule has 1 aromatic carbocycles. The normalized spacial score (nSPS) is 12.8. The molecule has 0 spiro atoms. The van der Waals surface area contributed by atoms with E-state index in [1.54, 1.807) is 58.0 Å². The number of nitrogens with two attached hydrogens (primary N) is 1. The van der Waals surface area contributed by atoms with Gasteiger partial charge in [0.05, 0.1) is 0 Å². The predicted octanol–water partition coefficient (Wildman–Crippen LogP) is 1.60. The Morgan fingerprint density at radius 3 is 2.04 bits per heavy atom. The van der Waals surface area contributed by atoms with Crippen LogP contribution in [0.4, 0.5) is 15.3 Å². The number of primary amides is 1. The maximum absolute atomic E-state index is 12.5. The molecule has 0 aliphatic heterocycles. The Hall–Kier alpha value is -3.10. The number of urea groups is 2. The monoisotopic (exact) mass is 378 g/mol. The van der Waals surface area contributed by atoms with Gasteiger partial charge in [0.2, 0.25) is 0 Å². The van der Waals surface area contributed by atoms with Crippen LogP contribution in [0.15, 0.2) is 30.3 Å². The molecule has 9 nitrogen and oxygen atoms in total. The molecular weight excluding hydrogens is 352 g/mol. The first-order valence-electron chi connectivity index (χ1n) is 8.55. The zero-order chi connectivity index (χ0) is 20.6. The van der Waals surface area contributed by atoms with Crippen LogP contribution in [-0.4, -0.2) is 36.1 Å². The Bertz CT molecular complexity index is 676. The van der Waals surface area contributed by atoms with E-state index in [0.29, 0.717) is 5.69 Å². The van der Waals surface area contributed by atoms with Crippen molar-refractivity contribution in [2.45, 2.75) is 39.8 Å². The van der Waals surface area contributed by atoms with Gasteiger partial charge in [-0.1, -0.05) is 45.9 Å². The summed E-state index contributed by atoms with van der Waals surface area (Å²) in [6.45, 7) is 6.75. The second kappa shape index (κ2) is 10.1. The smallest absolute Gasteiger partial charge is 0.329 e. The van der Waals surface area contributed by atoms with Crippen molar-refractivity contribution in [3.63, 3.8) is 0 Å². The number of carbonyl (C=O) groups excluding carboxylic acids is 4. The van der Waals surface area contributed by atoms with Gasteiger partial charge in [-0.05, 0) is 24.0 Å². The number of carbonyl (C=O) groups is 4. The highest BCUT2D eigenvalue weighted by atomic mass is 16.6. The maximum Gasteiger partial charge on any atom is 0.329 e. The predicted molar refractivity (Wildman–Crippen MR) is 99.7 cm³/mol. The van der Waals surface area contributed by atoms with E-state index < -0.39 is 42.0 Å². The summed E-state index contributed by atoms with van der Waals surface area (Å²) in [5.74, 6) is -2.31. The van der Waals surface area contributed by atoms with Gasteiger partial charge in [-0.2, -0.15) is 0 Å². The van der Waals surface area contributed by atoms with Gasteiger partial charge >= 0.3 is 18.0 Å². The second-order valence-electron chi connectivity index (χ2n) is 6.64. The van der Waals surface area contributed by atoms with Crippen LogP contribution in [0.25, 0.3) is 0 Å². The van der Waals surface area contributed by atoms with E-state index in [2.05, 4.69) is 10.6 Å². The fourth-order valence-corrected chi connectivity index (χ4v) is 2.21. The summed E-state index contributed by atoms with van der Waals surface area (Å²) < 4.78 is 5.25. The SMILES string of the molecule is CC(C)[C@H](NC(=O)Nc1ccccc1)C(=O)O[C@H](C(=O)NC(N)=O)C(C)C. The van der Waals surface area contributed by atoms with E-state index in [9.17, 15) is 19.2 Å². The van der Waals surface area contributed by atoms with E-state index in [0.717, 1.165) is 0 Å². The summed E-state index contributed by atoms with van der Waals surface area (Å²) in [5, 5.41) is 7.04. The van der Waals surface area contributed by atoms with Crippen molar-refractivity contribution in [1.29, 1.82) is 0 Å². The molecular formula is C18H26N4O5. The summed E-state index contributed by atoms with van der Waals surface area (Å²) in [4.78, 5) is 47.5. The quantitative estimate of drug-likeness (QED) is 0.534. The van der Waals surface area contributed by atoms with Crippen LogP contribution in [0.2, 0.25) is 0 Å². The lowest BCUT2D eigenvalue weighted by molar-refractivity contribution is -0.161. The highest BCUT2D eigenvalue weighted by molar-refractivity contribution is 5.97. The van der Waals surface area contributed by atoms with Gasteiger partial charge in [0, 0.05) is 5.69 Å². The fourth-order valence-electron chi connectivity index (χ4n) is 2.21. The zero-order valence-corrected chi connectivity index (χ0v) is 15.8. The standard InChI is InChI=1S/C18H26N4O5/c1-10(2)13(21-18(26)20-12-8-6-5-7-9-12)16(24)27-14(11(3)4)15(23)22-17(19)25/h5-11,13-14H,1-4H3,(H2,20,21,26)(H3,19,22,23,25)/t13-,14-/m0/s1. The third-order valence-electron chi connectivity index (χ3n) is 3.59. The van der Waals surface area contributed by atoms with E-state index >= 15 is 0 Å². The van der Waals surface area contributed by atoms with Gasteiger partial charge < -0.3 is 21.1 Å². The van der Waals surface area contributed by atoms with Crippen LogP contribution < -0.4 is 21.7 Å². The number of esters is 1. The molecule has 148 valence electrons. The van der Waals surface area contributed by atoms with E-state index in [1.165, 1.54) is 0 Å². The Labute approximate surface area is 158 Å². The number of amides is 5. The molecule has 1 rings (SSSR count). The Morgan fingerprint density at radius 1 is 0.963 bits per heavy atom. The zero-order valence-electron chi connectivity index (χ0n) is 15.8. The van der Waals surface area contributed by atoms with E-state index in [4.69, 9.17) is 10.5 Å². The molecule has 0 saturated carbocycles. The average molecular weight is 378 g/mol. The van der Waals surface area contributed by atoms with Crippen LogP contribution in [-0.2, 0) is 14.3 Å². The van der Waals surface area contributed by atoms with Gasteiger partial charge in [0.1, 0.15) is 6.04 Å². The first-order valence-corrected chi connectivity index (χ1v) is 8.55. The number of hydrogen-bond acceptors (Lipinski definition) is 5. The minimum atomic E-state index is -1.22. The molecule has 0 heterocycles. The largest absolute Gasteiger partial charge is 0.450 e. The lowest BCUT2D eigenvalue weighted by Gasteiger charge is -2.25. The molecule has 0 fully saturated rings. The first kappa shape index (κ1) is 21.9. The molecule has 1 aromatic rings. The second-order valence-corrected chi connectivity index (χ2v) is 6.64. The molecule has 0 radical (unpaired) electrons. The van der Waals surface area contributed by atoms with Crippen LogP contribution in [0, 0.1) is 11.8 Å². The summed E-state index contributed by atoms with van der Waals surface area (Å²) in [7, 11) is 0. The number of hydrogen-bond donors (Lipinski definition) is 4. The molecule has 0 bridgehead atoms. The third-order valence-corrected chi connectivity index (χ3v) is 3.59. The summed E-state index contributed by atoms with van der Waals surface area (Å²) in [5.41, 5.74) is 5.49. The lowest BCUT2D eigenvalue weighted by atomic mass is 10.0. The summed E-state index contributed by atoms with van der Waals surface area (Å²) in [6, 6.07) is 6.11. The van der Waals surface area contributed by atoms with Gasteiger partial charge in [-0.15, -0.1) is 0 Å². The Kier molecular flexibility index (Phi) is 8.25. The molecule has 0 aliphatic carbocycles. The number of benzene rings is 1. The van der Waals surface area contributed by atoms with Gasteiger partial charge in [-0.3, -0.25) is 10.1 Å². The first-order chi connectivity index (χ1) is 12.6. The molecule has 2 atom stereocenters. The number of ether oxygens (including phenoxy) is 1. The third kappa shape index (κ3) is 7.35. The number of imide groups is 1. The van der Waals surface area contributed by atoms with Gasteiger partial charge in [0.15, 0.2) is 6.10 Å². The highest BCUT2D eigenvalue weighted by Crippen LogP contribution is 2.12. The Morgan fingerprint density at radius 2 is 1.56 bits per heavy atom. The lowest BCUT2D eigenvalue weighted by Crippen LogP contribution is -2.51. The van der Waals surface area contributed by atoms with Crippen molar-refractivity contribution >= 4 is 29.6 Å². The van der Waals surface area contributed by atoms with E-state index in [-0.39, 0.29) is 5.92 Å². The van der Waals surface area contributed by atoms with Gasteiger partial charge in [0.25, 0.3) is 5.91 Å². The van der Waals surface area contributed by atoms with Crippen molar-refractivity contribution in [3.8, 4) is 0 Å². The molecule has 5 amide bonds. The van der Waals surface area contributed by atoms with Crippen LogP contribution in [0.3, 0.4) is 0 Å². The van der Waals surface area contributed by atoms with E-state index in [1.807, 2.05) is 5.32 Å². The van der Waals surface area contributed by atoms with Crippen LogP contribution >= 0.6 is 0 Å². The summed E-state index contributed by atoms with van der Waals surface area (Å²) >= 11 is 0. The number of anilines is 1. The summed E-state index contributed by atoms with van der Waals surface area (Å²) in [6.07, 6.45) is -1.22. The minimum absolute atomic E-state index is 0.300. The van der Waals surface area contributed by atoms with Crippen molar-refractivity contribution < 1.29 is 23.9 Å². The molecule has 27 heavy (non-hydrogen) atoms. The molecule has 0 aromatic heterocycles. The Balaban J connectivity index is 2.79. The number of rotatable bonds is 7. The van der Waals surface area contributed by atoms with Crippen molar-refractivity contribution in [3.05, 3.63) is 30.3 Å². The fraction of sp³-hybridized carbons (Fsp3) is 0.444. The number of para-hydroxylation sites is 1.